The molecule has 0 bridgehead atoms. The minimum Gasteiger partial charge on any atom is -0.316 e. The fourth-order valence-electron chi connectivity index (χ4n) is 2.18. The molecule has 0 aromatic carbocycles. The van der Waals surface area contributed by atoms with Gasteiger partial charge in [-0.3, -0.25) is 0 Å². The van der Waals surface area contributed by atoms with E-state index >= 15 is 0 Å². The first kappa shape index (κ1) is 14.0. The van der Waals surface area contributed by atoms with Crippen molar-refractivity contribution < 1.29 is 0 Å². The van der Waals surface area contributed by atoms with Gasteiger partial charge in [-0.2, -0.15) is 0 Å². The molecule has 2 nitrogen and oxygen atoms in total. The highest BCUT2D eigenvalue weighted by atomic mass is 15.1. The van der Waals surface area contributed by atoms with Crippen molar-refractivity contribution in [2.75, 3.05) is 26.7 Å². The summed E-state index contributed by atoms with van der Waals surface area (Å²) in [6, 6.07) is 0.722. The molecule has 16 heavy (non-hydrogen) atoms. The van der Waals surface area contributed by atoms with Crippen molar-refractivity contribution in [1.29, 1.82) is 0 Å². The van der Waals surface area contributed by atoms with Crippen molar-refractivity contribution in [3.8, 4) is 0 Å². The van der Waals surface area contributed by atoms with E-state index < -0.39 is 0 Å². The summed E-state index contributed by atoms with van der Waals surface area (Å²) in [7, 11) is 2.28. The monoisotopic (exact) mass is 226 g/mol. The zero-order valence-corrected chi connectivity index (χ0v) is 11.6. The molecule has 0 spiro atoms. The summed E-state index contributed by atoms with van der Waals surface area (Å²) in [5, 5.41) is 3.53. The van der Waals surface area contributed by atoms with Gasteiger partial charge in [-0.25, -0.2) is 0 Å². The standard InChI is InChI=1S/C14H30N2/c1-12(2)10-15-9-8-13(3)16(4)11-14-6-5-7-14/h12-15H,5-11H2,1-4H3. The van der Waals surface area contributed by atoms with E-state index in [2.05, 4.69) is 38.0 Å². The summed E-state index contributed by atoms with van der Waals surface area (Å²) in [5.74, 6) is 1.76. The number of nitrogens with one attached hydrogen (secondary N) is 1. The molecule has 0 aromatic heterocycles. The van der Waals surface area contributed by atoms with Crippen LogP contribution in [0, 0.1) is 11.8 Å². The van der Waals surface area contributed by atoms with Crippen LogP contribution < -0.4 is 5.32 Å². The average molecular weight is 226 g/mol. The molecule has 0 heterocycles. The molecule has 0 aromatic rings. The predicted octanol–water partition coefficient (Wildman–Crippen LogP) is 2.74. The lowest BCUT2D eigenvalue weighted by Gasteiger charge is -2.33. The Labute approximate surface area is 102 Å². The van der Waals surface area contributed by atoms with Gasteiger partial charge in [-0.1, -0.05) is 20.3 Å². The molecule has 0 radical (unpaired) electrons. The van der Waals surface area contributed by atoms with Gasteiger partial charge in [-0.15, -0.1) is 0 Å². The van der Waals surface area contributed by atoms with Crippen LogP contribution >= 0.6 is 0 Å². The summed E-state index contributed by atoms with van der Waals surface area (Å²) in [4.78, 5) is 2.54. The quantitative estimate of drug-likeness (QED) is 0.640. The van der Waals surface area contributed by atoms with Crippen LogP contribution in [0.15, 0.2) is 0 Å². The third-order valence-corrected chi connectivity index (χ3v) is 3.81. The van der Waals surface area contributed by atoms with E-state index in [0.29, 0.717) is 0 Å². The minimum atomic E-state index is 0.722. The molecule has 0 aliphatic heterocycles. The number of nitrogens with zero attached hydrogens (tertiary/aromatic N) is 1. The molecule has 96 valence electrons. The van der Waals surface area contributed by atoms with Crippen LogP contribution in [-0.2, 0) is 0 Å². The van der Waals surface area contributed by atoms with Gasteiger partial charge in [0.15, 0.2) is 0 Å². The second-order valence-corrected chi connectivity index (χ2v) is 5.97. The highest BCUT2D eigenvalue weighted by molar-refractivity contribution is 4.75. The second-order valence-electron chi connectivity index (χ2n) is 5.97. The molecule has 1 N–H and O–H groups in total. The summed E-state index contributed by atoms with van der Waals surface area (Å²) in [6.45, 7) is 10.5. The van der Waals surface area contributed by atoms with Gasteiger partial charge in [0.25, 0.3) is 0 Å². The van der Waals surface area contributed by atoms with Crippen molar-refractivity contribution in [2.24, 2.45) is 11.8 Å². The lowest BCUT2D eigenvalue weighted by molar-refractivity contribution is 0.164. The van der Waals surface area contributed by atoms with Crippen LogP contribution in [0.4, 0.5) is 0 Å². The summed E-state index contributed by atoms with van der Waals surface area (Å²) in [6.07, 6.45) is 5.66. The number of hydrogen-bond acceptors (Lipinski definition) is 2. The number of rotatable bonds is 8. The van der Waals surface area contributed by atoms with E-state index in [4.69, 9.17) is 0 Å². The van der Waals surface area contributed by atoms with Gasteiger partial charge in [0.05, 0.1) is 0 Å². The first-order chi connectivity index (χ1) is 7.59. The molecule has 1 unspecified atom stereocenters. The Morgan fingerprint density at radius 3 is 2.44 bits per heavy atom. The van der Waals surface area contributed by atoms with Crippen LogP contribution in [0.1, 0.15) is 46.5 Å². The predicted molar refractivity (Wildman–Crippen MR) is 71.8 cm³/mol. The fraction of sp³-hybridized carbons (Fsp3) is 1.00. The molecular weight excluding hydrogens is 196 g/mol. The molecule has 1 saturated carbocycles. The van der Waals surface area contributed by atoms with Crippen molar-refractivity contribution in [1.82, 2.24) is 10.2 Å². The van der Waals surface area contributed by atoms with E-state index in [0.717, 1.165) is 31.0 Å². The third-order valence-electron chi connectivity index (χ3n) is 3.81. The van der Waals surface area contributed by atoms with E-state index in [-0.39, 0.29) is 0 Å². The maximum absolute atomic E-state index is 3.53. The van der Waals surface area contributed by atoms with E-state index in [9.17, 15) is 0 Å². The van der Waals surface area contributed by atoms with Gasteiger partial charge < -0.3 is 10.2 Å². The summed E-state index contributed by atoms with van der Waals surface area (Å²) >= 11 is 0. The first-order valence-electron chi connectivity index (χ1n) is 7.00. The highest BCUT2D eigenvalue weighted by Gasteiger charge is 2.20. The largest absolute Gasteiger partial charge is 0.316 e. The van der Waals surface area contributed by atoms with Crippen LogP contribution in [0.5, 0.6) is 0 Å². The van der Waals surface area contributed by atoms with Crippen molar-refractivity contribution in [2.45, 2.75) is 52.5 Å². The third kappa shape index (κ3) is 5.31. The first-order valence-corrected chi connectivity index (χ1v) is 7.00. The Kier molecular flexibility index (Phi) is 6.37. The molecule has 0 saturated heterocycles. The lowest BCUT2D eigenvalue weighted by Crippen LogP contribution is -2.37. The Bertz CT molecular complexity index is 176. The zero-order chi connectivity index (χ0) is 12.0. The molecule has 1 fully saturated rings. The van der Waals surface area contributed by atoms with Gasteiger partial charge >= 0.3 is 0 Å². The van der Waals surface area contributed by atoms with E-state index in [1.807, 2.05) is 0 Å². The zero-order valence-electron chi connectivity index (χ0n) is 11.6. The van der Waals surface area contributed by atoms with Crippen LogP contribution in [0.3, 0.4) is 0 Å². The van der Waals surface area contributed by atoms with Gasteiger partial charge in [0.2, 0.25) is 0 Å². The lowest BCUT2D eigenvalue weighted by atomic mass is 9.85. The normalized spacial score (nSPS) is 19.1. The minimum absolute atomic E-state index is 0.722. The van der Waals surface area contributed by atoms with Crippen LogP contribution in [0.25, 0.3) is 0 Å². The van der Waals surface area contributed by atoms with Crippen molar-refractivity contribution in [3.63, 3.8) is 0 Å². The van der Waals surface area contributed by atoms with Gasteiger partial charge in [0, 0.05) is 12.6 Å². The Morgan fingerprint density at radius 1 is 1.25 bits per heavy atom. The summed E-state index contributed by atoms with van der Waals surface area (Å²) in [5.41, 5.74) is 0. The fourth-order valence-corrected chi connectivity index (χ4v) is 2.18. The SMILES string of the molecule is CC(C)CNCCC(C)N(C)CC1CCC1. The molecule has 1 aliphatic carbocycles. The van der Waals surface area contributed by atoms with E-state index in [1.165, 1.54) is 32.2 Å². The smallest absolute Gasteiger partial charge is 0.00760 e. The van der Waals surface area contributed by atoms with Crippen molar-refractivity contribution >= 4 is 0 Å². The topological polar surface area (TPSA) is 15.3 Å². The molecular formula is C14H30N2. The van der Waals surface area contributed by atoms with Crippen LogP contribution in [-0.4, -0.2) is 37.6 Å². The molecule has 0 amide bonds. The Balaban J connectivity index is 2.01. The Hall–Kier alpha value is -0.0800. The average Bonchev–Trinajstić information content (AvgIpc) is 2.17. The van der Waals surface area contributed by atoms with Gasteiger partial charge in [-0.05, 0) is 58.2 Å². The second kappa shape index (κ2) is 7.29. The number of hydrogen-bond donors (Lipinski definition) is 1. The molecule has 1 aliphatic rings. The molecule has 1 rings (SSSR count). The molecule has 1 atom stereocenters. The maximum atomic E-state index is 3.53. The van der Waals surface area contributed by atoms with Crippen molar-refractivity contribution in [3.05, 3.63) is 0 Å². The molecule has 2 heteroatoms. The van der Waals surface area contributed by atoms with Gasteiger partial charge in [0.1, 0.15) is 0 Å². The van der Waals surface area contributed by atoms with Crippen LogP contribution in [0.2, 0.25) is 0 Å². The van der Waals surface area contributed by atoms with E-state index in [1.54, 1.807) is 0 Å². The highest BCUT2D eigenvalue weighted by Crippen LogP contribution is 2.27. The maximum Gasteiger partial charge on any atom is 0.00760 e. The summed E-state index contributed by atoms with van der Waals surface area (Å²) < 4.78 is 0. The Morgan fingerprint density at radius 2 is 1.94 bits per heavy atom.